The average molecular weight is 254 g/mol. The van der Waals surface area contributed by atoms with Crippen LogP contribution in [0.15, 0.2) is 4.79 Å². The maximum Gasteiger partial charge on any atom is 0.314 e. The molecule has 0 aliphatic heterocycles. The second-order valence-corrected chi connectivity index (χ2v) is 5.29. The van der Waals surface area contributed by atoms with Crippen LogP contribution in [0.3, 0.4) is 0 Å². The highest BCUT2D eigenvalue weighted by molar-refractivity contribution is 5.15. The summed E-state index contributed by atoms with van der Waals surface area (Å²) in [5.41, 5.74) is -1.44. The molecule has 0 aliphatic rings. The molecule has 1 aromatic rings. The lowest BCUT2D eigenvalue weighted by Gasteiger charge is -2.24. The fourth-order valence-electron chi connectivity index (χ4n) is 1.77. The average Bonchev–Trinajstić information content (AvgIpc) is 2.27. The molecule has 0 unspecified atom stereocenters. The predicted molar refractivity (Wildman–Crippen MR) is 65.0 cm³/mol. The second kappa shape index (κ2) is 5.29. The van der Waals surface area contributed by atoms with Crippen LogP contribution >= 0.6 is 0 Å². The number of aromatic nitrogens is 2. The minimum absolute atomic E-state index is 0.0215. The maximum absolute atomic E-state index is 11.8. The molecule has 0 aromatic carbocycles. The van der Waals surface area contributed by atoms with Crippen molar-refractivity contribution in [3.63, 3.8) is 0 Å². The minimum Gasteiger partial charge on any atom is -0.821 e. The number of hydrogen-bond acceptors (Lipinski definition) is 4. The smallest absolute Gasteiger partial charge is 0.314 e. The Labute approximate surface area is 106 Å². The van der Waals surface area contributed by atoms with E-state index in [1.807, 2.05) is 0 Å². The first-order chi connectivity index (χ1) is 8.25. The molecule has 102 valence electrons. The van der Waals surface area contributed by atoms with Gasteiger partial charge >= 0.3 is 5.56 Å². The quantitative estimate of drug-likeness (QED) is 0.570. The van der Waals surface area contributed by atoms with Crippen molar-refractivity contribution in [2.24, 2.45) is 11.8 Å². The topological polar surface area (TPSA) is 95.1 Å². The predicted octanol–water partition coefficient (Wildman–Crippen LogP) is 0.298. The van der Waals surface area contributed by atoms with Crippen LogP contribution in [0.1, 0.15) is 39.1 Å². The highest BCUT2D eigenvalue weighted by atomic mass is 16.5. The zero-order chi connectivity index (χ0) is 14.0. The third kappa shape index (κ3) is 2.75. The van der Waals surface area contributed by atoms with Crippen molar-refractivity contribution in [2.75, 3.05) is 0 Å². The Bertz CT molecular complexity index is 492. The van der Waals surface area contributed by atoms with Gasteiger partial charge in [-0.3, -0.25) is 4.79 Å². The van der Waals surface area contributed by atoms with E-state index in [1.165, 1.54) is 0 Å². The lowest BCUT2D eigenvalue weighted by Crippen LogP contribution is -2.46. The number of rotatable bonds is 4. The van der Waals surface area contributed by atoms with Gasteiger partial charge in [-0.05, 0) is 18.3 Å². The van der Waals surface area contributed by atoms with Gasteiger partial charge in [-0.25, -0.2) is 0 Å². The highest BCUT2D eigenvalue weighted by Crippen LogP contribution is 2.13. The molecule has 1 rings (SSSR count). The molecule has 0 N–H and O–H groups in total. The Kier molecular flexibility index (Phi) is 4.21. The molecule has 0 bridgehead atoms. The lowest BCUT2D eigenvalue weighted by molar-refractivity contribution is -0.668. The molecule has 1 aromatic heterocycles. The van der Waals surface area contributed by atoms with Crippen LogP contribution in [0, 0.1) is 22.3 Å². The monoisotopic (exact) mass is 254 g/mol. The summed E-state index contributed by atoms with van der Waals surface area (Å²) in [7, 11) is 0. The molecular weight excluding hydrogens is 236 g/mol. The molecule has 18 heavy (non-hydrogen) atoms. The largest absolute Gasteiger partial charge is 0.821 e. The van der Waals surface area contributed by atoms with E-state index in [9.17, 15) is 20.3 Å². The van der Waals surface area contributed by atoms with Crippen LogP contribution in [0.5, 0.6) is 5.88 Å². The van der Waals surface area contributed by atoms with Gasteiger partial charge in [-0.1, -0.05) is 27.7 Å². The Hall–Kier alpha value is -1.72. The molecule has 0 aliphatic carbocycles. The highest BCUT2D eigenvalue weighted by Gasteiger charge is 2.19. The Morgan fingerprint density at radius 2 is 1.67 bits per heavy atom. The molecule has 0 spiro atoms. The van der Waals surface area contributed by atoms with E-state index in [-0.39, 0.29) is 45.5 Å². The SMILES string of the molecule is CC(C)Cc1c([O-])[n+]([O-])c(CC(C)C)c(=O)n1[O-]. The Morgan fingerprint density at radius 1 is 1.17 bits per heavy atom. The van der Waals surface area contributed by atoms with Gasteiger partial charge in [-0.2, -0.15) is 4.73 Å². The van der Waals surface area contributed by atoms with Crippen LogP contribution in [0.4, 0.5) is 0 Å². The van der Waals surface area contributed by atoms with Crippen molar-refractivity contribution in [2.45, 2.75) is 40.5 Å². The summed E-state index contributed by atoms with van der Waals surface area (Å²) in [6.07, 6.45) is 0.254. The van der Waals surface area contributed by atoms with Crippen molar-refractivity contribution >= 4 is 0 Å². The molecule has 0 amide bonds. The molecule has 0 saturated carbocycles. The van der Waals surface area contributed by atoms with Gasteiger partial charge in [-0.15, -0.1) is 0 Å². The summed E-state index contributed by atoms with van der Waals surface area (Å²) in [5.74, 6) is -0.865. The second-order valence-electron chi connectivity index (χ2n) is 5.29. The van der Waals surface area contributed by atoms with Gasteiger partial charge in [0.25, 0.3) is 5.69 Å². The van der Waals surface area contributed by atoms with E-state index in [2.05, 4.69) is 0 Å². The van der Waals surface area contributed by atoms with Gasteiger partial charge in [0.2, 0.25) is 0 Å². The molecule has 1 heterocycles. The third-order valence-electron chi connectivity index (χ3n) is 2.56. The van der Waals surface area contributed by atoms with Crippen molar-refractivity contribution in [3.05, 3.63) is 32.2 Å². The molecule has 0 saturated heterocycles. The first-order valence-electron chi connectivity index (χ1n) is 6.00. The molecule has 0 fully saturated rings. The number of nitrogens with zero attached hydrogens (tertiary/aromatic N) is 2. The van der Waals surface area contributed by atoms with E-state index >= 15 is 0 Å². The molecular formula is C12H18N2O4-2. The number of hydrogen-bond donors (Lipinski definition) is 0. The summed E-state index contributed by atoms with van der Waals surface area (Å²) in [4.78, 5) is 11.8. The van der Waals surface area contributed by atoms with Gasteiger partial charge in [0.15, 0.2) is 5.88 Å². The maximum atomic E-state index is 11.8. The van der Waals surface area contributed by atoms with E-state index in [4.69, 9.17) is 0 Å². The van der Waals surface area contributed by atoms with E-state index in [1.54, 1.807) is 27.7 Å². The zero-order valence-electron chi connectivity index (χ0n) is 11.1. The summed E-state index contributed by atoms with van der Waals surface area (Å²) in [6, 6.07) is 0. The molecule has 0 radical (unpaired) electrons. The van der Waals surface area contributed by atoms with Crippen LogP contribution in [-0.4, -0.2) is 4.73 Å². The van der Waals surface area contributed by atoms with Crippen molar-refractivity contribution in [1.82, 2.24) is 4.73 Å². The van der Waals surface area contributed by atoms with Crippen molar-refractivity contribution in [1.29, 1.82) is 0 Å². The summed E-state index contributed by atoms with van der Waals surface area (Å²) in [6.45, 7) is 7.23. The van der Waals surface area contributed by atoms with Crippen molar-refractivity contribution < 1.29 is 9.84 Å². The lowest BCUT2D eigenvalue weighted by atomic mass is 10.1. The molecule has 6 heteroatoms. The van der Waals surface area contributed by atoms with Gasteiger partial charge in [0, 0.05) is 6.42 Å². The fourth-order valence-corrected chi connectivity index (χ4v) is 1.77. The van der Waals surface area contributed by atoms with Gasteiger partial charge in [0.1, 0.15) is 0 Å². The standard InChI is InChI=1S/C12H19N2O4/c1-7(2)5-9-11(15)14(18)10(6-8(3)4)12(16)13(9)17/h7-8,15H,5-6H2,1-4H3/q-1/p-1. The zero-order valence-corrected chi connectivity index (χ0v) is 11.1. The molecule has 6 nitrogen and oxygen atoms in total. The van der Waals surface area contributed by atoms with Gasteiger partial charge in [0.05, 0.1) is 5.69 Å². The van der Waals surface area contributed by atoms with E-state index in [0.717, 1.165) is 0 Å². The van der Waals surface area contributed by atoms with Gasteiger partial charge < -0.3 is 20.3 Å². The Balaban J connectivity index is 3.41. The minimum atomic E-state index is -0.908. The summed E-state index contributed by atoms with van der Waals surface area (Å²) in [5, 5.41) is 35.2. The fraction of sp³-hybridized carbons (Fsp3) is 0.667. The van der Waals surface area contributed by atoms with Crippen LogP contribution < -0.4 is 15.4 Å². The van der Waals surface area contributed by atoms with E-state index in [0.29, 0.717) is 0 Å². The Morgan fingerprint density at radius 3 is 2.11 bits per heavy atom. The normalized spacial score (nSPS) is 11.4. The first kappa shape index (κ1) is 14.3. The first-order valence-corrected chi connectivity index (χ1v) is 6.00. The third-order valence-corrected chi connectivity index (χ3v) is 2.56. The summed E-state index contributed by atoms with van der Waals surface area (Å²) < 4.78 is 0.156. The van der Waals surface area contributed by atoms with Crippen LogP contribution in [0.2, 0.25) is 0 Å². The molecule has 0 atom stereocenters. The van der Waals surface area contributed by atoms with E-state index < -0.39 is 11.4 Å². The van der Waals surface area contributed by atoms with Crippen LogP contribution in [0.25, 0.3) is 0 Å². The van der Waals surface area contributed by atoms with Crippen molar-refractivity contribution in [3.8, 4) is 5.88 Å². The summed E-state index contributed by atoms with van der Waals surface area (Å²) >= 11 is 0. The van der Waals surface area contributed by atoms with Crippen LogP contribution in [-0.2, 0) is 12.8 Å².